The summed E-state index contributed by atoms with van der Waals surface area (Å²) < 4.78 is 1.62. The van der Waals surface area contributed by atoms with Crippen LogP contribution in [0, 0.1) is 0 Å². The molecule has 1 aliphatic rings. The van der Waals surface area contributed by atoms with Crippen LogP contribution in [0.3, 0.4) is 0 Å². The first-order valence-electron chi connectivity index (χ1n) is 2.94. The van der Waals surface area contributed by atoms with Gasteiger partial charge in [-0.3, -0.25) is 4.79 Å². The molecule has 1 rings (SSSR count). The Morgan fingerprint density at radius 3 is 2.50 bits per heavy atom. The summed E-state index contributed by atoms with van der Waals surface area (Å²) in [5, 5.41) is 17.6. The van der Waals surface area contributed by atoms with E-state index in [2.05, 4.69) is 0 Å². The van der Waals surface area contributed by atoms with Crippen molar-refractivity contribution in [3.63, 3.8) is 0 Å². The zero-order chi connectivity index (χ0) is 7.72. The van der Waals surface area contributed by atoms with Crippen LogP contribution in [0.1, 0.15) is 6.42 Å². The maximum atomic E-state index is 10.4. The molecule has 0 aromatic rings. The van der Waals surface area contributed by atoms with E-state index in [-0.39, 0.29) is 0 Å². The number of aliphatic hydroxyl groups is 1. The standard InChI is InChI=1S/C5H8INO3/c6-7-2-3(8)1-4(7)5(9)10/h3-4,8H,1-2H2,(H,9,10). The maximum absolute atomic E-state index is 10.4. The molecule has 0 bridgehead atoms. The van der Waals surface area contributed by atoms with Crippen LogP contribution < -0.4 is 0 Å². The van der Waals surface area contributed by atoms with Gasteiger partial charge in [-0.2, -0.15) is 0 Å². The number of halogens is 1. The molecular weight excluding hydrogens is 249 g/mol. The Balaban J connectivity index is 2.54. The van der Waals surface area contributed by atoms with E-state index in [1.54, 1.807) is 3.11 Å². The third-order valence-electron chi connectivity index (χ3n) is 1.50. The lowest BCUT2D eigenvalue weighted by atomic mass is 10.2. The van der Waals surface area contributed by atoms with E-state index in [4.69, 9.17) is 10.2 Å². The lowest BCUT2D eigenvalue weighted by Gasteiger charge is -2.10. The van der Waals surface area contributed by atoms with Crippen molar-refractivity contribution in [2.75, 3.05) is 6.54 Å². The van der Waals surface area contributed by atoms with Gasteiger partial charge in [0.25, 0.3) is 0 Å². The second kappa shape index (κ2) is 3.02. The molecule has 0 aromatic carbocycles. The van der Waals surface area contributed by atoms with Gasteiger partial charge < -0.3 is 10.2 Å². The van der Waals surface area contributed by atoms with Crippen LogP contribution in [0.4, 0.5) is 0 Å². The fraction of sp³-hybridized carbons (Fsp3) is 0.800. The van der Waals surface area contributed by atoms with Crippen LogP contribution in [0.15, 0.2) is 0 Å². The first kappa shape index (κ1) is 8.22. The molecule has 0 amide bonds. The second-order valence-electron chi connectivity index (χ2n) is 2.33. The number of hydrogen-bond acceptors (Lipinski definition) is 3. The Bertz CT molecular complexity index is 152. The van der Waals surface area contributed by atoms with Gasteiger partial charge in [-0.15, -0.1) is 0 Å². The SMILES string of the molecule is O=C(O)C1CC(O)CN1I. The number of carboxylic acid groups (broad SMARTS) is 1. The molecule has 0 aliphatic carbocycles. The molecule has 10 heavy (non-hydrogen) atoms. The predicted octanol–water partition coefficient (Wildman–Crippen LogP) is -0.144. The summed E-state index contributed by atoms with van der Waals surface area (Å²) in [6, 6.07) is -0.504. The molecule has 0 radical (unpaired) electrons. The zero-order valence-corrected chi connectivity index (χ0v) is 7.35. The highest BCUT2D eigenvalue weighted by Crippen LogP contribution is 2.21. The van der Waals surface area contributed by atoms with E-state index < -0.39 is 18.1 Å². The van der Waals surface area contributed by atoms with Crippen molar-refractivity contribution in [3.05, 3.63) is 0 Å². The molecule has 0 aromatic heterocycles. The minimum atomic E-state index is -0.856. The number of rotatable bonds is 1. The fourth-order valence-electron chi connectivity index (χ4n) is 0.996. The normalized spacial score (nSPS) is 34.6. The van der Waals surface area contributed by atoms with E-state index in [1.807, 2.05) is 22.9 Å². The lowest BCUT2D eigenvalue weighted by molar-refractivity contribution is -0.140. The van der Waals surface area contributed by atoms with Gasteiger partial charge in [0.05, 0.1) is 6.10 Å². The van der Waals surface area contributed by atoms with Gasteiger partial charge >= 0.3 is 5.97 Å². The van der Waals surface area contributed by atoms with Crippen LogP contribution in [0.25, 0.3) is 0 Å². The molecular formula is C5H8INO3. The highest BCUT2D eigenvalue weighted by molar-refractivity contribution is 14.1. The Morgan fingerprint density at radius 2 is 2.30 bits per heavy atom. The number of carbonyl (C=O) groups is 1. The van der Waals surface area contributed by atoms with Gasteiger partial charge in [0.1, 0.15) is 6.04 Å². The zero-order valence-electron chi connectivity index (χ0n) is 5.20. The fourth-order valence-corrected chi connectivity index (χ4v) is 1.92. The Hall–Kier alpha value is 0.120. The van der Waals surface area contributed by atoms with Crippen molar-refractivity contribution in [1.82, 2.24) is 3.11 Å². The minimum absolute atomic E-state index is 0.346. The number of carboxylic acids is 1. The summed E-state index contributed by atoms with van der Waals surface area (Å²) in [6.07, 6.45) is -0.129. The van der Waals surface area contributed by atoms with Crippen LogP contribution in [0.2, 0.25) is 0 Å². The quantitative estimate of drug-likeness (QED) is 0.507. The van der Waals surface area contributed by atoms with Crippen molar-refractivity contribution in [2.45, 2.75) is 18.6 Å². The van der Waals surface area contributed by atoms with Crippen LogP contribution in [0.5, 0.6) is 0 Å². The summed E-state index contributed by atoms with van der Waals surface area (Å²) in [5.74, 6) is -0.856. The molecule has 0 spiro atoms. The van der Waals surface area contributed by atoms with E-state index in [0.29, 0.717) is 13.0 Å². The van der Waals surface area contributed by atoms with Gasteiger partial charge in [0, 0.05) is 35.8 Å². The monoisotopic (exact) mass is 257 g/mol. The topological polar surface area (TPSA) is 60.8 Å². The first-order valence-corrected chi connectivity index (χ1v) is 3.91. The number of aliphatic carboxylic acids is 1. The summed E-state index contributed by atoms with van der Waals surface area (Å²) in [4.78, 5) is 10.4. The van der Waals surface area contributed by atoms with Crippen molar-refractivity contribution in [1.29, 1.82) is 0 Å². The first-order chi connectivity index (χ1) is 4.61. The predicted molar refractivity (Wildman–Crippen MR) is 42.8 cm³/mol. The van der Waals surface area contributed by atoms with Gasteiger partial charge in [0.2, 0.25) is 0 Å². The summed E-state index contributed by atoms with van der Waals surface area (Å²) >= 11 is 1.92. The average molecular weight is 257 g/mol. The highest BCUT2D eigenvalue weighted by Gasteiger charge is 2.34. The third-order valence-corrected chi connectivity index (χ3v) is 2.57. The van der Waals surface area contributed by atoms with Crippen molar-refractivity contribution in [2.24, 2.45) is 0 Å². The molecule has 1 saturated heterocycles. The second-order valence-corrected chi connectivity index (χ2v) is 3.57. The molecule has 1 aliphatic heterocycles. The van der Waals surface area contributed by atoms with E-state index in [9.17, 15) is 4.79 Å². The molecule has 0 saturated carbocycles. The van der Waals surface area contributed by atoms with Crippen molar-refractivity contribution >= 4 is 28.8 Å². The highest BCUT2D eigenvalue weighted by atomic mass is 127. The van der Waals surface area contributed by atoms with E-state index in [1.165, 1.54) is 0 Å². The summed E-state index contributed by atoms with van der Waals surface area (Å²) in [6.45, 7) is 0.456. The molecule has 2 unspecified atom stereocenters. The van der Waals surface area contributed by atoms with Gasteiger partial charge in [-0.25, -0.2) is 3.11 Å². The largest absolute Gasteiger partial charge is 0.480 e. The van der Waals surface area contributed by atoms with Crippen LogP contribution in [-0.4, -0.2) is 38.0 Å². The molecule has 2 N–H and O–H groups in total. The van der Waals surface area contributed by atoms with Crippen LogP contribution in [-0.2, 0) is 4.79 Å². The number of hydrogen-bond donors (Lipinski definition) is 2. The third kappa shape index (κ3) is 1.58. The Labute approximate surface area is 72.3 Å². The lowest BCUT2D eigenvalue weighted by Crippen LogP contribution is -2.27. The average Bonchev–Trinajstić information content (AvgIpc) is 2.10. The Morgan fingerprint density at radius 1 is 1.70 bits per heavy atom. The smallest absolute Gasteiger partial charge is 0.321 e. The van der Waals surface area contributed by atoms with Gasteiger partial charge in [-0.05, 0) is 0 Å². The minimum Gasteiger partial charge on any atom is -0.480 e. The maximum Gasteiger partial charge on any atom is 0.321 e. The molecule has 4 nitrogen and oxygen atoms in total. The number of β-amino-alcohol motifs (C(OH)–C–C–N with tert-alkyl or cyclic N) is 1. The van der Waals surface area contributed by atoms with Gasteiger partial charge in [-0.1, -0.05) is 0 Å². The van der Waals surface area contributed by atoms with Crippen molar-refractivity contribution in [3.8, 4) is 0 Å². The van der Waals surface area contributed by atoms with E-state index >= 15 is 0 Å². The van der Waals surface area contributed by atoms with E-state index in [0.717, 1.165) is 0 Å². The molecule has 1 fully saturated rings. The molecule has 1 heterocycles. The van der Waals surface area contributed by atoms with Crippen LogP contribution >= 0.6 is 22.9 Å². The summed E-state index contributed by atoms with van der Waals surface area (Å²) in [7, 11) is 0. The Kier molecular flexibility index (Phi) is 2.48. The molecule has 5 heteroatoms. The number of aliphatic hydroxyl groups excluding tert-OH is 1. The van der Waals surface area contributed by atoms with Crippen molar-refractivity contribution < 1.29 is 15.0 Å². The number of nitrogens with zero attached hydrogens (tertiary/aromatic N) is 1. The summed E-state index contributed by atoms with van der Waals surface area (Å²) in [5.41, 5.74) is 0. The molecule has 58 valence electrons. The molecule has 2 atom stereocenters. The van der Waals surface area contributed by atoms with Gasteiger partial charge in [0.15, 0.2) is 0 Å².